The van der Waals surface area contributed by atoms with Crippen LogP contribution in [0, 0.1) is 11.3 Å². The van der Waals surface area contributed by atoms with Gasteiger partial charge >= 0.3 is 0 Å². The molecule has 0 aliphatic rings. The van der Waals surface area contributed by atoms with E-state index in [9.17, 15) is 0 Å². The van der Waals surface area contributed by atoms with Gasteiger partial charge in [0.2, 0.25) is 0 Å². The molecule has 0 fully saturated rings. The van der Waals surface area contributed by atoms with Crippen LogP contribution in [-0.2, 0) is 6.61 Å². The molecule has 6 nitrogen and oxygen atoms in total. The van der Waals surface area contributed by atoms with E-state index in [-0.39, 0.29) is 5.69 Å². The van der Waals surface area contributed by atoms with Crippen molar-refractivity contribution in [2.75, 3.05) is 0 Å². The fourth-order valence-corrected chi connectivity index (χ4v) is 1.67. The Hall–Kier alpha value is -2.94. The molecule has 3 aromatic rings. The zero-order valence-electron chi connectivity index (χ0n) is 9.78. The quantitative estimate of drug-likeness (QED) is 0.709. The zero-order chi connectivity index (χ0) is 13.1. The van der Waals surface area contributed by atoms with Gasteiger partial charge in [0, 0.05) is 6.20 Å². The largest absolute Gasteiger partial charge is 0.486 e. The second kappa shape index (κ2) is 4.74. The minimum Gasteiger partial charge on any atom is -0.486 e. The van der Waals surface area contributed by atoms with Gasteiger partial charge in [-0.1, -0.05) is 6.07 Å². The molecule has 0 unspecified atom stereocenters. The molecule has 3 rings (SSSR count). The number of ether oxygens (including phenoxy) is 1. The summed E-state index contributed by atoms with van der Waals surface area (Å²) in [6, 6.07) is 10.9. The van der Waals surface area contributed by atoms with Crippen LogP contribution in [0.15, 0.2) is 41.2 Å². The van der Waals surface area contributed by atoms with E-state index < -0.39 is 0 Å². The molecule has 92 valence electrons. The van der Waals surface area contributed by atoms with Crippen LogP contribution in [0.5, 0.6) is 5.75 Å². The summed E-state index contributed by atoms with van der Waals surface area (Å²) in [7, 11) is 0. The lowest BCUT2D eigenvalue weighted by molar-refractivity contribution is 0.304. The first kappa shape index (κ1) is 11.2. The Balaban J connectivity index is 1.80. The summed E-state index contributed by atoms with van der Waals surface area (Å²) in [5.41, 5.74) is 2.55. The summed E-state index contributed by atoms with van der Waals surface area (Å²) in [4.78, 5) is 3.93. The van der Waals surface area contributed by atoms with Gasteiger partial charge in [0.25, 0.3) is 0 Å². The third-order valence-electron chi connectivity index (χ3n) is 2.59. The van der Waals surface area contributed by atoms with Gasteiger partial charge in [-0.2, -0.15) is 5.26 Å². The maximum absolute atomic E-state index is 8.91. The molecule has 0 amide bonds. The Morgan fingerprint density at radius 2 is 2.11 bits per heavy atom. The highest BCUT2D eigenvalue weighted by Gasteiger charge is 2.05. The molecule has 0 aliphatic heterocycles. The number of nitriles is 1. The number of hydrogen-bond donors (Lipinski definition) is 0. The monoisotopic (exact) mass is 252 g/mol. The zero-order valence-corrected chi connectivity index (χ0v) is 9.78. The van der Waals surface area contributed by atoms with Gasteiger partial charge in [-0.25, -0.2) is 9.61 Å². The standard InChI is InChI=1S/C13H8N4O2/c14-7-12-13(2-1-5-15-12)18-8-9-3-4-10-11(6-9)17-19-16-10/h1-6H,8H2. The Morgan fingerprint density at radius 3 is 3.00 bits per heavy atom. The van der Waals surface area contributed by atoms with Crippen LogP contribution in [0.2, 0.25) is 0 Å². The van der Waals surface area contributed by atoms with Crippen LogP contribution in [0.1, 0.15) is 11.3 Å². The number of benzene rings is 1. The molecule has 0 bridgehead atoms. The summed E-state index contributed by atoms with van der Waals surface area (Å²) >= 11 is 0. The summed E-state index contributed by atoms with van der Waals surface area (Å²) in [5, 5.41) is 16.4. The van der Waals surface area contributed by atoms with E-state index in [1.807, 2.05) is 18.2 Å². The van der Waals surface area contributed by atoms with Gasteiger partial charge in [-0.3, -0.25) is 0 Å². The van der Waals surface area contributed by atoms with Crippen LogP contribution in [-0.4, -0.2) is 15.3 Å². The van der Waals surface area contributed by atoms with Gasteiger partial charge in [0.15, 0.2) is 11.4 Å². The predicted molar refractivity (Wildman–Crippen MR) is 65.1 cm³/mol. The van der Waals surface area contributed by atoms with Crippen LogP contribution in [0.4, 0.5) is 0 Å². The Kier molecular flexibility index (Phi) is 2.79. The van der Waals surface area contributed by atoms with Crippen molar-refractivity contribution < 1.29 is 9.37 Å². The number of rotatable bonds is 3. The van der Waals surface area contributed by atoms with Gasteiger partial charge in [0.1, 0.15) is 23.7 Å². The molecule has 0 saturated carbocycles. The Labute approximate surface area is 108 Å². The molecule has 0 atom stereocenters. The molecule has 0 N–H and O–H groups in total. The summed E-state index contributed by atoms with van der Waals surface area (Å²) < 4.78 is 10.2. The molecule has 0 spiro atoms. The topological polar surface area (TPSA) is 84.8 Å². The van der Waals surface area contributed by atoms with Crippen LogP contribution in [0.3, 0.4) is 0 Å². The Bertz CT molecular complexity index is 760. The minimum absolute atomic E-state index is 0.270. The molecule has 0 radical (unpaired) electrons. The van der Waals surface area contributed by atoms with E-state index in [0.717, 1.165) is 5.56 Å². The first-order chi connectivity index (χ1) is 9.36. The molecule has 19 heavy (non-hydrogen) atoms. The van der Waals surface area contributed by atoms with E-state index in [4.69, 9.17) is 10.00 Å². The van der Waals surface area contributed by atoms with Crippen molar-refractivity contribution in [1.29, 1.82) is 5.26 Å². The average Bonchev–Trinajstić information content (AvgIpc) is 2.93. The van der Waals surface area contributed by atoms with E-state index >= 15 is 0 Å². The van der Waals surface area contributed by atoms with Crippen molar-refractivity contribution in [3.63, 3.8) is 0 Å². The lowest BCUT2D eigenvalue weighted by atomic mass is 10.2. The normalized spacial score (nSPS) is 10.3. The summed E-state index contributed by atoms with van der Waals surface area (Å²) in [6.45, 7) is 0.323. The smallest absolute Gasteiger partial charge is 0.182 e. The first-order valence-electron chi connectivity index (χ1n) is 5.56. The maximum Gasteiger partial charge on any atom is 0.182 e. The molecule has 0 aliphatic carbocycles. The fraction of sp³-hybridized carbons (Fsp3) is 0.0769. The number of fused-ring (bicyclic) bond motifs is 1. The highest BCUT2D eigenvalue weighted by molar-refractivity contribution is 5.73. The minimum atomic E-state index is 0.270. The van der Waals surface area contributed by atoms with E-state index in [0.29, 0.717) is 23.4 Å². The average molecular weight is 252 g/mol. The van der Waals surface area contributed by atoms with Crippen molar-refractivity contribution in [3.8, 4) is 11.8 Å². The van der Waals surface area contributed by atoms with Crippen molar-refractivity contribution in [2.45, 2.75) is 6.61 Å². The van der Waals surface area contributed by atoms with Crippen molar-refractivity contribution >= 4 is 11.0 Å². The second-order valence-corrected chi connectivity index (χ2v) is 3.84. The van der Waals surface area contributed by atoms with Gasteiger partial charge < -0.3 is 4.74 Å². The van der Waals surface area contributed by atoms with Gasteiger partial charge in [-0.15, -0.1) is 0 Å². The number of hydrogen-bond acceptors (Lipinski definition) is 6. The highest BCUT2D eigenvalue weighted by Crippen LogP contribution is 2.17. The third-order valence-corrected chi connectivity index (χ3v) is 2.59. The van der Waals surface area contributed by atoms with Gasteiger partial charge in [0.05, 0.1) is 0 Å². The molecule has 6 heteroatoms. The molecular weight excluding hydrogens is 244 g/mol. The first-order valence-corrected chi connectivity index (χ1v) is 5.56. The van der Waals surface area contributed by atoms with Crippen molar-refractivity contribution in [3.05, 3.63) is 47.8 Å². The maximum atomic E-state index is 8.91. The van der Waals surface area contributed by atoms with Gasteiger partial charge in [-0.05, 0) is 40.1 Å². The van der Waals surface area contributed by atoms with Crippen LogP contribution in [0.25, 0.3) is 11.0 Å². The molecular formula is C13H8N4O2. The molecule has 0 saturated heterocycles. The third kappa shape index (κ3) is 2.21. The molecule has 2 heterocycles. The lowest BCUT2D eigenvalue weighted by Crippen LogP contribution is -1.98. The Morgan fingerprint density at radius 1 is 1.21 bits per heavy atom. The van der Waals surface area contributed by atoms with E-state index in [2.05, 4.69) is 19.9 Å². The molecule has 1 aromatic carbocycles. The van der Waals surface area contributed by atoms with Crippen LogP contribution >= 0.6 is 0 Å². The second-order valence-electron chi connectivity index (χ2n) is 3.84. The molecule has 2 aromatic heterocycles. The predicted octanol–water partition coefficient (Wildman–Crippen LogP) is 2.07. The van der Waals surface area contributed by atoms with Crippen molar-refractivity contribution in [1.82, 2.24) is 15.3 Å². The van der Waals surface area contributed by atoms with Crippen molar-refractivity contribution in [2.24, 2.45) is 0 Å². The van der Waals surface area contributed by atoms with E-state index in [1.165, 1.54) is 0 Å². The summed E-state index contributed by atoms with van der Waals surface area (Å²) in [5.74, 6) is 0.461. The SMILES string of the molecule is N#Cc1ncccc1OCc1ccc2nonc2c1. The fourth-order valence-electron chi connectivity index (χ4n) is 1.67. The van der Waals surface area contributed by atoms with Crippen LogP contribution < -0.4 is 4.74 Å². The number of pyridine rings is 1. The highest BCUT2D eigenvalue weighted by atomic mass is 16.6. The van der Waals surface area contributed by atoms with E-state index in [1.54, 1.807) is 24.4 Å². The number of aromatic nitrogens is 3. The summed E-state index contributed by atoms with van der Waals surface area (Å²) in [6.07, 6.45) is 1.55. The number of nitrogens with zero attached hydrogens (tertiary/aromatic N) is 4. The lowest BCUT2D eigenvalue weighted by Gasteiger charge is -2.06.